The third kappa shape index (κ3) is 5.12. The molecule has 0 heterocycles. The van der Waals surface area contributed by atoms with Gasteiger partial charge in [0, 0.05) is 0 Å². The van der Waals surface area contributed by atoms with Gasteiger partial charge in [0.25, 0.3) is 0 Å². The van der Waals surface area contributed by atoms with Gasteiger partial charge >= 0.3 is 6.09 Å². The number of carbonyl (C=O) groups excluding carboxylic acids is 1. The smallest absolute Gasteiger partial charge is 0.428 e. The zero-order chi connectivity index (χ0) is 14.6. The minimum absolute atomic E-state index is 0.518. The van der Waals surface area contributed by atoms with Crippen molar-refractivity contribution in [2.45, 2.75) is 47.1 Å². The molecule has 1 aromatic carbocycles. The van der Waals surface area contributed by atoms with Crippen LogP contribution in [0, 0.1) is 20.8 Å². The van der Waals surface area contributed by atoms with Gasteiger partial charge in [0.1, 0.15) is 5.60 Å². The van der Waals surface area contributed by atoms with Gasteiger partial charge in [-0.1, -0.05) is 6.07 Å². The predicted molar refractivity (Wildman–Crippen MR) is 77.6 cm³/mol. The van der Waals surface area contributed by atoms with Crippen LogP contribution in [0.2, 0.25) is 0 Å². The van der Waals surface area contributed by atoms with Crippen LogP contribution in [0.5, 0.6) is 0 Å². The van der Waals surface area contributed by atoms with Crippen LogP contribution in [0.15, 0.2) is 17.2 Å². The number of rotatable bonds is 2. The summed E-state index contributed by atoms with van der Waals surface area (Å²) in [4.78, 5) is 11.4. The first kappa shape index (κ1) is 15.2. The Balaban J connectivity index is 2.68. The lowest BCUT2D eigenvalue weighted by Gasteiger charge is -2.18. The molecule has 1 rings (SSSR count). The number of ether oxygens (including phenoxy) is 1. The van der Waals surface area contributed by atoms with Gasteiger partial charge in [-0.15, -0.1) is 0 Å². The van der Waals surface area contributed by atoms with E-state index in [1.165, 1.54) is 11.1 Å². The number of carbonyl (C=O) groups is 1. The quantitative estimate of drug-likeness (QED) is 0.655. The van der Waals surface area contributed by atoms with Crippen molar-refractivity contribution in [1.82, 2.24) is 5.43 Å². The Morgan fingerprint density at radius 1 is 1.16 bits per heavy atom. The van der Waals surface area contributed by atoms with E-state index in [4.69, 9.17) is 4.74 Å². The summed E-state index contributed by atoms with van der Waals surface area (Å²) in [5.41, 5.74) is 6.39. The maximum absolute atomic E-state index is 11.4. The van der Waals surface area contributed by atoms with E-state index in [9.17, 15) is 4.79 Å². The minimum atomic E-state index is -0.551. The Bertz CT molecular complexity index is 500. The number of aryl methyl sites for hydroxylation is 3. The van der Waals surface area contributed by atoms with Gasteiger partial charge in [0.2, 0.25) is 0 Å². The molecule has 0 bridgehead atoms. The van der Waals surface area contributed by atoms with Gasteiger partial charge in [-0.25, -0.2) is 10.2 Å². The SMILES string of the molecule is Cc1cc(C)c(/C=N\NC(=O)OC(C)(C)C)cc1C. The fourth-order valence-corrected chi connectivity index (χ4v) is 1.58. The molecule has 0 atom stereocenters. The van der Waals surface area contributed by atoms with E-state index in [1.54, 1.807) is 6.21 Å². The highest BCUT2D eigenvalue weighted by atomic mass is 16.6. The lowest BCUT2D eigenvalue weighted by molar-refractivity contribution is 0.0529. The predicted octanol–water partition coefficient (Wildman–Crippen LogP) is 3.47. The maximum atomic E-state index is 11.4. The maximum Gasteiger partial charge on any atom is 0.428 e. The number of hydrazone groups is 1. The summed E-state index contributed by atoms with van der Waals surface area (Å²) in [6.07, 6.45) is 1.08. The van der Waals surface area contributed by atoms with Crippen LogP contribution in [0.3, 0.4) is 0 Å². The molecule has 0 spiro atoms. The fraction of sp³-hybridized carbons (Fsp3) is 0.467. The molecular weight excluding hydrogens is 240 g/mol. The van der Waals surface area contributed by atoms with Crippen molar-refractivity contribution in [3.05, 3.63) is 34.4 Å². The van der Waals surface area contributed by atoms with Gasteiger partial charge < -0.3 is 4.74 Å². The third-order valence-corrected chi connectivity index (χ3v) is 2.64. The van der Waals surface area contributed by atoms with Gasteiger partial charge in [-0.05, 0) is 69.9 Å². The van der Waals surface area contributed by atoms with E-state index in [0.29, 0.717) is 0 Å². The topological polar surface area (TPSA) is 50.7 Å². The molecule has 4 nitrogen and oxygen atoms in total. The van der Waals surface area contributed by atoms with E-state index >= 15 is 0 Å². The number of hydrogen-bond donors (Lipinski definition) is 1. The van der Waals surface area contributed by atoms with Crippen LogP contribution in [0.25, 0.3) is 0 Å². The third-order valence-electron chi connectivity index (χ3n) is 2.64. The largest absolute Gasteiger partial charge is 0.443 e. The Kier molecular flexibility index (Phi) is 4.70. The zero-order valence-electron chi connectivity index (χ0n) is 12.5. The second-order valence-electron chi connectivity index (χ2n) is 5.66. The van der Waals surface area contributed by atoms with Crippen LogP contribution in [0.4, 0.5) is 4.79 Å². The monoisotopic (exact) mass is 262 g/mol. The summed E-state index contributed by atoms with van der Waals surface area (Å²) >= 11 is 0. The lowest BCUT2D eigenvalue weighted by atomic mass is 10.0. The van der Waals surface area contributed by atoms with Crippen molar-refractivity contribution in [3.8, 4) is 0 Å². The average molecular weight is 262 g/mol. The van der Waals surface area contributed by atoms with Crippen molar-refractivity contribution < 1.29 is 9.53 Å². The molecule has 19 heavy (non-hydrogen) atoms. The summed E-state index contributed by atoms with van der Waals surface area (Å²) in [6, 6.07) is 4.15. The highest BCUT2D eigenvalue weighted by Crippen LogP contribution is 2.13. The highest BCUT2D eigenvalue weighted by Gasteiger charge is 2.15. The van der Waals surface area contributed by atoms with Crippen LogP contribution < -0.4 is 5.43 Å². The molecule has 4 heteroatoms. The number of hydrogen-bond acceptors (Lipinski definition) is 3. The molecule has 1 amide bonds. The van der Waals surface area contributed by atoms with Gasteiger partial charge in [-0.2, -0.15) is 5.10 Å². The average Bonchev–Trinajstić information content (AvgIpc) is 2.22. The second-order valence-corrected chi connectivity index (χ2v) is 5.66. The molecule has 1 aromatic rings. The normalized spacial score (nSPS) is 11.7. The van der Waals surface area contributed by atoms with E-state index in [2.05, 4.69) is 23.5 Å². The van der Waals surface area contributed by atoms with Crippen molar-refractivity contribution in [1.29, 1.82) is 0 Å². The molecule has 0 saturated heterocycles. The molecule has 104 valence electrons. The number of nitrogens with zero attached hydrogens (tertiary/aromatic N) is 1. The highest BCUT2D eigenvalue weighted by molar-refractivity contribution is 5.83. The van der Waals surface area contributed by atoms with Crippen LogP contribution in [-0.2, 0) is 4.74 Å². The van der Waals surface area contributed by atoms with Crippen LogP contribution >= 0.6 is 0 Å². The van der Waals surface area contributed by atoms with Crippen molar-refractivity contribution >= 4 is 12.3 Å². The van der Waals surface area contributed by atoms with Crippen molar-refractivity contribution in [2.75, 3.05) is 0 Å². The Morgan fingerprint density at radius 2 is 1.74 bits per heavy atom. The molecule has 0 fully saturated rings. The fourth-order valence-electron chi connectivity index (χ4n) is 1.58. The minimum Gasteiger partial charge on any atom is -0.443 e. The van der Waals surface area contributed by atoms with Gasteiger partial charge in [-0.3, -0.25) is 0 Å². The molecular formula is C15H22N2O2. The summed E-state index contributed by atoms with van der Waals surface area (Å²) in [5, 5.41) is 3.91. The van der Waals surface area contributed by atoms with E-state index < -0.39 is 11.7 Å². The van der Waals surface area contributed by atoms with Crippen molar-refractivity contribution in [2.24, 2.45) is 5.10 Å². The van der Waals surface area contributed by atoms with Crippen LogP contribution in [0.1, 0.15) is 43.0 Å². The van der Waals surface area contributed by atoms with Crippen molar-refractivity contribution in [3.63, 3.8) is 0 Å². The Hall–Kier alpha value is -1.84. The van der Waals surface area contributed by atoms with E-state index in [-0.39, 0.29) is 0 Å². The molecule has 1 N–H and O–H groups in total. The standard InChI is InChI=1S/C15H22N2O2/c1-10-7-12(3)13(8-11(10)2)9-16-17-14(18)19-15(4,5)6/h7-9H,1-6H3,(H,17,18)/b16-9-. The molecule has 0 aliphatic heterocycles. The molecule has 0 saturated carbocycles. The number of benzene rings is 1. The zero-order valence-corrected chi connectivity index (χ0v) is 12.5. The summed E-state index contributed by atoms with van der Waals surface area (Å²) in [5.74, 6) is 0. The molecule has 0 aromatic heterocycles. The second kappa shape index (κ2) is 5.87. The lowest BCUT2D eigenvalue weighted by Crippen LogP contribution is -2.29. The molecule has 0 radical (unpaired) electrons. The first-order valence-electron chi connectivity index (χ1n) is 6.29. The summed E-state index contributed by atoms with van der Waals surface area (Å²) < 4.78 is 5.08. The summed E-state index contributed by atoms with van der Waals surface area (Å²) in [6.45, 7) is 11.6. The van der Waals surface area contributed by atoms with Gasteiger partial charge in [0.05, 0.1) is 6.21 Å². The Labute approximate surface area is 114 Å². The molecule has 0 aliphatic carbocycles. The van der Waals surface area contributed by atoms with E-state index in [1.807, 2.05) is 40.7 Å². The van der Waals surface area contributed by atoms with E-state index in [0.717, 1.165) is 11.1 Å². The molecule has 0 aliphatic rings. The summed E-state index contributed by atoms with van der Waals surface area (Å²) in [7, 11) is 0. The number of amides is 1. The Morgan fingerprint density at radius 3 is 2.32 bits per heavy atom. The number of nitrogens with one attached hydrogen (secondary N) is 1. The van der Waals surface area contributed by atoms with Crippen LogP contribution in [-0.4, -0.2) is 17.9 Å². The van der Waals surface area contributed by atoms with Gasteiger partial charge in [0.15, 0.2) is 0 Å². The first-order valence-corrected chi connectivity index (χ1v) is 6.29. The first-order chi connectivity index (χ1) is 8.69. The molecule has 0 unspecified atom stereocenters.